The molecule has 6 nitrogen and oxygen atoms in total. The highest BCUT2D eigenvalue weighted by Gasteiger charge is 2.26. The number of thiazole rings is 1. The summed E-state index contributed by atoms with van der Waals surface area (Å²) in [6.45, 7) is 3.42. The predicted octanol–water partition coefficient (Wildman–Crippen LogP) is 3.20. The van der Waals surface area contributed by atoms with E-state index in [9.17, 15) is 9.90 Å². The van der Waals surface area contributed by atoms with Gasteiger partial charge in [0.1, 0.15) is 0 Å². The van der Waals surface area contributed by atoms with Gasteiger partial charge in [0.05, 0.1) is 10.6 Å². The van der Waals surface area contributed by atoms with Gasteiger partial charge in [-0.1, -0.05) is 29.5 Å². The molecule has 134 valence electrons. The molecule has 2 aliphatic heterocycles. The molecule has 1 aromatic heterocycles. The van der Waals surface area contributed by atoms with Crippen molar-refractivity contribution in [1.82, 2.24) is 4.98 Å². The molecule has 0 bridgehead atoms. The fourth-order valence-corrected chi connectivity index (χ4v) is 4.40. The summed E-state index contributed by atoms with van der Waals surface area (Å²) in [5.74, 6) is -0.256. The average Bonchev–Trinajstić information content (AvgIpc) is 3.16. The highest BCUT2D eigenvalue weighted by molar-refractivity contribution is 7.16. The second-order valence-electron chi connectivity index (χ2n) is 6.62. The number of hydrogen-bond donors (Lipinski definition) is 2. The van der Waals surface area contributed by atoms with Crippen molar-refractivity contribution in [3.8, 4) is 5.88 Å². The lowest BCUT2D eigenvalue weighted by molar-refractivity contribution is -0.122. The van der Waals surface area contributed by atoms with Crippen LogP contribution in [0.2, 0.25) is 0 Å². The van der Waals surface area contributed by atoms with Crippen LogP contribution in [0.5, 0.6) is 5.88 Å². The SMILES string of the molecule is CC1=Nc2ccccc2/C1=C/c1sc(N2CCC(C(N)=O)CC2)nc1O. The van der Waals surface area contributed by atoms with E-state index < -0.39 is 0 Å². The highest BCUT2D eigenvalue weighted by atomic mass is 32.1. The molecular weight excluding hydrogens is 348 g/mol. The van der Waals surface area contributed by atoms with Crippen LogP contribution in [-0.4, -0.2) is 34.8 Å². The minimum absolute atomic E-state index is 0.0340. The standard InChI is InChI=1S/C19H20N4O2S/c1-11-14(13-4-2-3-5-15(13)21-11)10-16-18(25)22-19(26-16)23-8-6-12(7-9-23)17(20)24/h2-5,10,12,25H,6-9H2,1H3,(H2,20,24)/b14-10+. The monoisotopic (exact) mass is 368 g/mol. The molecule has 0 spiro atoms. The summed E-state index contributed by atoms with van der Waals surface area (Å²) in [7, 11) is 0. The number of aliphatic imine (C=N–C) groups is 1. The molecule has 0 radical (unpaired) electrons. The van der Waals surface area contributed by atoms with Crippen LogP contribution in [0.25, 0.3) is 11.6 Å². The van der Waals surface area contributed by atoms with Gasteiger partial charge < -0.3 is 15.7 Å². The Labute approximate surface area is 155 Å². The molecule has 0 aliphatic carbocycles. The first kappa shape index (κ1) is 16.8. The van der Waals surface area contributed by atoms with Crippen LogP contribution in [0.15, 0.2) is 29.3 Å². The fraction of sp³-hybridized carbons (Fsp3) is 0.316. The molecule has 4 rings (SSSR count). The van der Waals surface area contributed by atoms with Crippen LogP contribution in [0.4, 0.5) is 10.8 Å². The Kier molecular flexibility index (Phi) is 4.24. The van der Waals surface area contributed by atoms with Gasteiger partial charge in [0.25, 0.3) is 0 Å². The number of piperidine rings is 1. The van der Waals surface area contributed by atoms with Crippen molar-refractivity contribution in [3.63, 3.8) is 0 Å². The number of hydrogen-bond acceptors (Lipinski definition) is 6. The van der Waals surface area contributed by atoms with E-state index in [4.69, 9.17) is 5.73 Å². The molecule has 1 amide bonds. The zero-order valence-electron chi connectivity index (χ0n) is 14.5. The summed E-state index contributed by atoms with van der Waals surface area (Å²) < 4.78 is 0. The second-order valence-corrected chi connectivity index (χ2v) is 7.63. The quantitative estimate of drug-likeness (QED) is 0.870. The van der Waals surface area contributed by atoms with Crippen molar-refractivity contribution in [2.24, 2.45) is 16.6 Å². The number of primary amides is 1. The van der Waals surface area contributed by atoms with Gasteiger partial charge in [-0.15, -0.1) is 0 Å². The minimum atomic E-state index is -0.230. The number of rotatable bonds is 3. The molecule has 3 N–H and O–H groups in total. The van der Waals surface area contributed by atoms with Crippen LogP contribution in [0.1, 0.15) is 30.2 Å². The van der Waals surface area contributed by atoms with Crippen molar-refractivity contribution in [1.29, 1.82) is 0 Å². The molecular formula is C19H20N4O2S. The fourth-order valence-electron chi connectivity index (χ4n) is 3.45. The first-order chi connectivity index (χ1) is 12.5. The van der Waals surface area contributed by atoms with Crippen molar-refractivity contribution in [3.05, 3.63) is 34.7 Å². The van der Waals surface area contributed by atoms with Crippen LogP contribution in [0.3, 0.4) is 0 Å². The summed E-state index contributed by atoms with van der Waals surface area (Å²) in [6.07, 6.45) is 3.41. The zero-order chi connectivity index (χ0) is 18.3. The number of fused-ring (bicyclic) bond motifs is 1. The lowest BCUT2D eigenvalue weighted by Gasteiger charge is -2.30. The number of carbonyl (C=O) groups is 1. The number of benzene rings is 1. The molecule has 1 saturated heterocycles. The number of aromatic hydroxyl groups is 1. The Morgan fingerprint density at radius 3 is 2.81 bits per heavy atom. The molecule has 26 heavy (non-hydrogen) atoms. The first-order valence-electron chi connectivity index (χ1n) is 8.64. The van der Waals surface area contributed by atoms with Gasteiger partial charge in [-0.25, -0.2) is 0 Å². The Morgan fingerprint density at radius 1 is 1.35 bits per heavy atom. The maximum absolute atomic E-state index is 11.3. The van der Waals surface area contributed by atoms with Crippen molar-refractivity contribution in [2.75, 3.05) is 18.0 Å². The molecule has 2 aliphatic rings. The van der Waals surface area contributed by atoms with Gasteiger partial charge in [-0.3, -0.25) is 9.79 Å². The van der Waals surface area contributed by atoms with E-state index in [0.717, 1.165) is 58.5 Å². The number of aromatic nitrogens is 1. The number of allylic oxidation sites excluding steroid dienone is 1. The summed E-state index contributed by atoms with van der Waals surface area (Å²) in [6, 6.07) is 7.98. The number of nitrogens with zero attached hydrogens (tertiary/aromatic N) is 3. The summed E-state index contributed by atoms with van der Waals surface area (Å²) >= 11 is 1.46. The van der Waals surface area contributed by atoms with Crippen LogP contribution >= 0.6 is 11.3 Å². The summed E-state index contributed by atoms with van der Waals surface area (Å²) in [4.78, 5) is 23.0. The van der Waals surface area contributed by atoms with Gasteiger partial charge >= 0.3 is 0 Å². The average molecular weight is 368 g/mol. The summed E-state index contributed by atoms with van der Waals surface area (Å²) in [5, 5.41) is 11.1. The van der Waals surface area contributed by atoms with Crippen molar-refractivity contribution < 1.29 is 9.90 Å². The number of para-hydroxylation sites is 1. The lowest BCUT2D eigenvalue weighted by Crippen LogP contribution is -2.38. The third kappa shape index (κ3) is 2.99. The third-order valence-electron chi connectivity index (χ3n) is 4.94. The number of nitrogens with two attached hydrogens (primary N) is 1. The number of amides is 1. The van der Waals surface area contributed by atoms with E-state index in [2.05, 4.69) is 14.9 Å². The van der Waals surface area contributed by atoms with E-state index in [1.54, 1.807) is 0 Å². The lowest BCUT2D eigenvalue weighted by atomic mass is 9.97. The van der Waals surface area contributed by atoms with Crippen molar-refractivity contribution >= 4 is 45.4 Å². The molecule has 7 heteroatoms. The summed E-state index contributed by atoms with van der Waals surface area (Å²) in [5.41, 5.74) is 9.36. The largest absolute Gasteiger partial charge is 0.492 e. The van der Waals surface area contributed by atoms with Gasteiger partial charge in [-0.05, 0) is 31.9 Å². The third-order valence-corrected chi connectivity index (χ3v) is 5.99. The minimum Gasteiger partial charge on any atom is -0.492 e. The topological polar surface area (TPSA) is 91.8 Å². The van der Waals surface area contributed by atoms with Crippen LogP contribution in [0, 0.1) is 5.92 Å². The zero-order valence-corrected chi connectivity index (χ0v) is 15.3. The smallest absolute Gasteiger partial charge is 0.231 e. The van der Waals surface area contributed by atoms with Crippen LogP contribution in [-0.2, 0) is 4.79 Å². The Hall–Kier alpha value is -2.67. The van der Waals surface area contributed by atoms with Gasteiger partial charge in [0.15, 0.2) is 5.13 Å². The van der Waals surface area contributed by atoms with Gasteiger partial charge in [-0.2, -0.15) is 4.98 Å². The molecule has 2 aromatic rings. The highest BCUT2D eigenvalue weighted by Crippen LogP contribution is 2.39. The molecule has 3 heterocycles. The van der Waals surface area contributed by atoms with E-state index in [1.165, 1.54) is 11.3 Å². The van der Waals surface area contributed by atoms with E-state index >= 15 is 0 Å². The van der Waals surface area contributed by atoms with Crippen LogP contribution < -0.4 is 10.6 Å². The van der Waals surface area contributed by atoms with E-state index in [-0.39, 0.29) is 17.7 Å². The predicted molar refractivity (Wildman–Crippen MR) is 105 cm³/mol. The van der Waals surface area contributed by atoms with E-state index in [1.807, 2.05) is 37.3 Å². The molecule has 0 saturated carbocycles. The Bertz CT molecular complexity index is 923. The first-order valence-corrected chi connectivity index (χ1v) is 9.45. The van der Waals surface area contributed by atoms with Gasteiger partial charge in [0, 0.05) is 35.9 Å². The molecule has 0 unspecified atom stereocenters. The maximum Gasteiger partial charge on any atom is 0.231 e. The normalized spacial score (nSPS) is 18.9. The Balaban J connectivity index is 1.59. The molecule has 1 aromatic carbocycles. The molecule has 0 atom stereocenters. The van der Waals surface area contributed by atoms with E-state index in [0.29, 0.717) is 0 Å². The second kappa shape index (κ2) is 6.57. The number of carbonyl (C=O) groups excluding carboxylic acids is 1. The van der Waals surface area contributed by atoms with Crippen molar-refractivity contribution in [2.45, 2.75) is 19.8 Å². The maximum atomic E-state index is 11.3. The Morgan fingerprint density at radius 2 is 2.08 bits per heavy atom. The van der Waals surface area contributed by atoms with Gasteiger partial charge in [0.2, 0.25) is 11.8 Å². The molecule has 1 fully saturated rings. The number of anilines is 1.